The summed E-state index contributed by atoms with van der Waals surface area (Å²) in [4.78, 5) is 11.0. The minimum Gasteiger partial charge on any atom is -0.468 e. The van der Waals surface area contributed by atoms with Crippen molar-refractivity contribution >= 4 is 33.5 Å². The molecule has 0 fully saturated rings. The van der Waals surface area contributed by atoms with E-state index < -0.39 is 11.3 Å². The summed E-state index contributed by atoms with van der Waals surface area (Å²) in [6, 6.07) is 4.79. The van der Waals surface area contributed by atoms with E-state index in [-0.39, 0.29) is 12.4 Å². The van der Waals surface area contributed by atoms with E-state index in [2.05, 4.69) is 26.0 Å². The van der Waals surface area contributed by atoms with E-state index in [9.17, 15) is 9.18 Å². The Labute approximate surface area is 112 Å². The predicted molar refractivity (Wildman–Crippen MR) is 67.5 cm³/mol. The van der Waals surface area contributed by atoms with E-state index in [1.165, 1.54) is 13.2 Å². The molecule has 1 N–H and O–H groups in total. The van der Waals surface area contributed by atoms with Crippen LogP contribution in [-0.4, -0.2) is 25.0 Å². The van der Waals surface area contributed by atoms with Gasteiger partial charge in [0.15, 0.2) is 0 Å². The van der Waals surface area contributed by atoms with Gasteiger partial charge in [-0.05, 0) is 12.1 Å². The number of carbonyl (C=O) groups excluding carboxylic acids is 1. The number of benzene rings is 1. The van der Waals surface area contributed by atoms with Crippen molar-refractivity contribution in [3.63, 3.8) is 0 Å². The van der Waals surface area contributed by atoms with Crippen LogP contribution in [-0.2, 0) is 16.1 Å². The highest BCUT2D eigenvalue weighted by Gasteiger charge is 2.14. The number of ether oxygens (including phenoxy) is 1. The summed E-state index contributed by atoms with van der Waals surface area (Å²) < 4.78 is 18.6. The SMILES string of the molecule is COC(=O)C(Cl)CNCc1ccc(Br)cc1F. The average Bonchev–Trinajstić information content (AvgIpc) is 2.30. The van der Waals surface area contributed by atoms with Gasteiger partial charge in [-0.2, -0.15) is 0 Å². The fourth-order valence-electron chi connectivity index (χ4n) is 1.21. The molecule has 1 unspecified atom stereocenters. The Bertz CT molecular complexity index is 403. The molecular weight excluding hydrogens is 312 g/mol. The van der Waals surface area contributed by atoms with Gasteiger partial charge in [-0.1, -0.05) is 22.0 Å². The van der Waals surface area contributed by atoms with E-state index in [1.807, 2.05) is 0 Å². The number of hydrogen-bond donors (Lipinski definition) is 1. The monoisotopic (exact) mass is 323 g/mol. The normalized spacial score (nSPS) is 12.2. The van der Waals surface area contributed by atoms with Gasteiger partial charge in [0.25, 0.3) is 0 Å². The third-order valence-corrected chi connectivity index (χ3v) is 2.94. The molecule has 6 heteroatoms. The van der Waals surface area contributed by atoms with Crippen molar-refractivity contribution in [2.75, 3.05) is 13.7 Å². The molecule has 1 atom stereocenters. The Kier molecular flexibility index (Phi) is 5.88. The summed E-state index contributed by atoms with van der Waals surface area (Å²) in [6.45, 7) is 0.531. The zero-order chi connectivity index (χ0) is 12.8. The molecule has 3 nitrogen and oxygen atoms in total. The molecule has 0 saturated carbocycles. The molecule has 0 aliphatic rings. The second kappa shape index (κ2) is 6.93. The zero-order valence-corrected chi connectivity index (χ0v) is 11.5. The van der Waals surface area contributed by atoms with Crippen LogP contribution in [0.25, 0.3) is 0 Å². The molecule has 0 aliphatic carbocycles. The van der Waals surface area contributed by atoms with Gasteiger partial charge in [-0.25, -0.2) is 4.39 Å². The van der Waals surface area contributed by atoms with Gasteiger partial charge in [0.2, 0.25) is 0 Å². The quantitative estimate of drug-likeness (QED) is 0.668. The fraction of sp³-hybridized carbons (Fsp3) is 0.364. The summed E-state index contributed by atoms with van der Waals surface area (Å²) in [5.41, 5.74) is 0.516. The number of methoxy groups -OCH3 is 1. The number of halogens is 3. The van der Waals surface area contributed by atoms with Gasteiger partial charge in [0.1, 0.15) is 11.2 Å². The van der Waals surface area contributed by atoms with Gasteiger partial charge in [-0.15, -0.1) is 11.6 Å². The molecular formula is C11H12BrClFNO2. The van der Waals surface area contributed by atoms with Gasteiger partial charge < -0.3 is 10.1 Å². The largest absolute Gasteiger partial charge is 0.468 e. The highest BCUT2D eigenvalue weighted by molar-refractivity contribution is 9.10. The molecule has 1 rings (SSSR count). The van der Waals surface area contributed by atoms with E-state index in [0.717, 1.165) is 0 Å². The first-order valence-corrected chi connectivity index (χ1v) is 6.14. The van der Waals surface area contributed by atoms with Gasteiger partial charge in [-0.3, -0.25) is 4.79 Å². The lowest BCUT2D eigenvalue weighted by Crippen LogP contribution is -2.29. The Morgan fingerprint density at radius 3 is 2.94 bits per heavy atom. The number of rotatable bonds is 5. The molecule has 0 heterocycles. The van der Waals surface area contributed by atoms with Crippen LogP contribution in [0.4, 0.5) is 4.39 Å². The van der Waals surface area contributed by atoms with Gasteiger partial charge >= 0.3 is 5.97 Å². The van der Waals surface area contributed by atoms with Crippen LogP contribution in [0.3, 0.4) is 0 Å². The Morgan fingerprint density at radius 2 is 2.35 bits per heavy atom. The number of nitrogens with one attached hydrogen (secondary N) is 1. The number of esters is 1. The van der Waals surface area contributed by atoms with E-state index >= 15 is 0 Å². The van der Waals surface area contributed by atoms with Crippen LogP contribution in [0.1, 0.15) is 5.56 Å². The molecule has 0 saturated heterocycles. The van der Waals surface area contributed by atoms with Crippen LogP contribution in [0.2, 0.25) is 0 Å². The maximum Gasteiger partial charge on any atom is 0.325 e. The van der Waals surface area contributed by atoms with E-state index in [0.29, 0.717) is 16.6 Å². The molecule has 17 heavy (non-hydrogen) atoms. The predicted octanol–water partition coefficient (Wildman–Crippen LogP) is 2.46. The minimum absolute atomic E-state index is 0.226. The van der Waals surface area contributed by atoms with Crippen LogP contribution < -0.4 is 5.32 Å². The van der Waals surface area contributed by atoms with Crippen LogP contribution in [0, 0.1) is 5.82 Å². The molecule has 0 aliphatic heterocycles. The fourth-order valence-corrected chi connectivity index (χ4v) is 1.74. The maximum atomic E-state index is 13.4. The van der Waals surface area contributed by atoms with Crippen molar-refractivity contribution in [3.05, 3.63) is 34.1 Å². The van der Waals surface area contributed by atoms with Crippen molar-refractivity contribution in [3.8, 4) is 0 Å². The number of carbonyl (C=O) groups is 1. The summed E-state index contributed by atoms with van der Waals surface area (Å²) >= 11 is 8.90. The standard InChI is InChI=1S/C11H12BrClFNO2/c1-17-11(16)9(13)6-15-5-7-2-3-8(12)4-10(7)14/h2-4,9,15H,5-6H2,1H3. The second-order valence-corrected chi connectivity index (χ2v) is 4.80. The lowest BCUT2D eigenvalue weighted by Gasteiger charge is -2.09. The van der Waals surface area contributed by atoms with Gasteiger partial charge in [0.05, 0.1) is 7.11 Å². The maximum absolute atomic E-state index is 13.4. The van der Waals surface area contributed by atoms with Crippen molar-refractivity contribution in [1.82, 2.24) is 5.32 Å². The highest BCUT2D eigenvalue weighted by atomic mass is 79.9. The van der Waals surface area contributed by atoms with Crippen LogP contribution in [0.5, 0.6) is 0 Å². The molecule has 0 radical (unpaired) electrons. The van der Waals surface area contributed by atoms with Crippen molar-refractivity contribution in [2.45, 2.75) is 11.9 Å². The van der Waals surface area contributed by atoms with Gasteiger partial charge in [0, 0.05) is 23.1 Å². The number of alkyl halides is 1. The zero-order valence-electron chi connectivity index (χ0n) is 9.17. The Balaban J connectivity index is 2.43. The lowest BCUT2D eigenvalue weighted by molar-refractivity contribution is -0.140. The van der Waals surface area contributed by atoms with Crippen molar-refractivity contribution in [1.29, 1.82) is 0 Å². The molecule has 0 amide bonds. The Morgan fingerprint density at radius 1 is 1.65 bits per heavy atom. The summed E-state index contributed by atoms with van der Waals surface area (Å²) in [6.07, 6.45) is 0. The molecule has 0 bridgehead atoms. The smallest absolute Gasteiger partial charge is 0.325 e. The minimum atomic E-state index is -0.765. The average molecular weight is 325 g/mol. The summed E-state index contributed by atoms with van der Waals surface area (Å²) in [7, 11) is 1.27. The first-order valence-electron chi connectivity index (χ1n) is 4.91. The first kappa shape index (κ1) is 14.4. The lowest BCUT2D eigenvalue weighted by atomic mass is 10.2. The van der Waals surface area contributed by atoms with Crippen LogP contribution in [0.15, 0.2) is 22.7 Å². The topological polar surface area (TPSA) is 38.3 Å². The first-order chi connectivity index (χ1) is 8.04. The second-order valence-electron chi connectivity index (χ2n) is 3.36. The highest BCUT2D eigenvalue weighted by Crippen LogP contribution is 2.15. The summed E-state index contributed by atoms with van der Waals surface area (Å²) in [5.74, 6) is -0.813. The molecule has 0 aromatic heterocycles. The molecule has 1 aromatic carbocycles. The van der Waals surface area contributed by atoms with E-state index in [1.54, 1.807) is 12.1 Å². The van der Waals surface area contributed by atoms with Crippen LogP contribution >= 0.6 is 27.5 Å². The molecule has 0 spiro atoms. The Hall–Kier alpha value is -0.650. The van der Waals surface area contributed by atoms with Crippen molar-refractivity contribution < 1.29 is 13.9 Å². The summed E-state index contributed by atoms with van der Waals surface area (Å²) in [5, 5.41) is 2.12. The van der Waals surface area contributed by atoms with Crippen molar-refractivity contribution in [2.24, 2.45) is 0 Å². The third-order valence-electron chi connectivity index (χ3n) is 2.11. The third kappa shape index (κ3) is 4.61. The molecule has 94 valence electrons. The van der Waals surface area contributed by atoms with E-state index in [4.69, 9.17) is 11.6 Å². The molecule has 1 aromatic rings. The number of hydrogen-bond acceptors (Lipinski definition) is 3.